The molecule has 0 atom stereocenters. The molecular weight excluding hydrogens is 483 g/mol. The average Bonchev–Trinajstić information content (AvgIpc) is 2.80. The van der Waals surface area contributed by atoms with Crippen LogP contribution in [0.4, 0.5) is 15.9 Å². The van der Waals surface area contributed by atoms with Gasteiger partial charge in [-0.1, -0.05) is 11.6 Å². The average molecular weight is 509 g/mol. The van der Waals surface area contributed by atoms with E-state index in [0.717, 1.165) is 25.7 Å². The third kappa shape index (κ3) is 6.05. The third-order valence-corrected chi connectivity index (χ3v) is 6.69. The van der Waals surface area contributed by atoms with Crippen molar-refractivity contribution in [2.45, 2.75) is 37.8 Å². The molecule has 182 valence electrons. The summed E-state index contributed by atoms with van der Waals surface area (Å²) in [6, 6.07) is 8.12. The van der Waals surface area contributed by atoms with Crippen molar-refractivity contribution in [3.8, 4) is 11.5 Å². The Kier molecular flexibility index (Phi) is 7.39. The first-order valence-corrected chi connectivity index (χ1v) is 13.3. The van der Waals surface area contributed by atoms with Crippen LogP contribution in [0.5, 0.6) is 11.5 Å². The smallest absolute Gasteiger partial charge is 0.162 e. The molecular formula is C23H26ClFN4O4S. The van der Waals surface area contributed by atoms with Crippen LogP contribution in [-0.2, 0) is 9.84 Å². The van der Waals surface area contributed by atoms with Crippen molar-refractivity contribution in [3.05, 3.63) is 47.5 Å². The van der Waals surface area contributed by atoms with Gasteiger partial charge in [-0.15, -0.1) is 0 Å². The predicted octanol–water partition coefficient (Wildman–Crippen LogP) is 4.46. The summed E-state index contributed by atoms with van der Waals surface area (Å²) in [5, 5.41) is 6.98. The van der Waals surface area contributed by atoms with Crippen LogP contribution in [0.3, 0.4) is 0 Å². The number of fused-ring (bicyclic) bond motifs is 1. The van der Waals surface area contributed by atoms with Crippen molar-refractivity contribution in [1.29, 1.82) is 0 Å². The van der Waals surface area contributed by atoms with Crippen LogP contribution in [0.1, 0.15) is 25.7 Å². The molecule has 1 saturated carbocycles. The van der Waals surface area contributed by atoms with Gasteiger partial charge in [0, 0.05) is 29.4 Å². The molecule has 1 aliphatic carbocycles. The predicted molar refractivity (Wildman–Crippen MR) is 130 cm³/mol. The lowest BCUT2D eigenvalue weighted by molar-refractivity contribution is 0.136. The quantitative estimate of drug-likeness (QED) is 0.460. The van der Waals surface area contributed by atoms with Gasteiger partial charge < -0.3 is 20.1 Å². The molecule has 0 aliphatic heterocycles. The maximum absolute atomic E-state index is 13.5. The van der Waals surface area contributed by atoms with E-state index < -0.39 is 15.7 Å². The van der Waals surface area contributed by atoms with E-state index in [1.54, 1.807) is 19.2 Å². The number of benzene rings is 2. The van der Waals surface area contributed by atoms with Crippen LogP contribution in [0.25, 0.3) is 10.9 Å². The van der Waals surface area contributed by atoms with Gasteiger partial charge in [0.25, 0.3) is 0 Å². The number of ether oxygens (including phenoxy) is 2. The van der Waals surface area contributed by atoms with Crippen LogP contribution >= 0.6 is 11.6 Å². The van der Waals surface area contributed by atoms with Crippen molar-refractivity contribution in [1.82, 2.24) is 15.3 Å². The van der Waals surface area contributed by atoms with Gasteiger partial charge in [-0.2, -0.15) is 0 Å². The molecule has 2 aromatic carbocycles. The second-order valence-corrected chi connectivity index (χ2v) is 10.9. The number of halogens is 2. The lowest BCUT2D eigenvalue weighted by Gasteiger charge is -2.30. The van der Waals surface area contributed by atoms with E-state index in [-0.39, 0.29) is 23.0 Å². The van der Waals surface area contributed by atoms with Crippen LogP contribution in [0.2, 0.25) is 5.02 Å². The zero-order chi connectivity index (χ0) is 24.3. The Hall–Kier alpha value is -2.69. The normalized spacial score (nSPS) is 18.6. The molecule has 1 aliphatic rings. The molecule has 0 radical (unpaired) electrons. The Morgan fingerprint density at radius 1 is 1.12 bits per heavy atom. The summed E-state index contributed by atoms with van der Waals surface area (Å²) in [6.45, 7) is 0. The van der Waals surface area contributed by atoms with E-state index in [2.05, 4.69) is 20.6 Å². The fraction of sp³-hybridized carbons (Fsp3) is 0.391. The van der Waals surface area contributed by atoms with Crippen molar-refractivity contribution in [2.24, 2.45) is 0 Å². The van der Waals surface area contributed by atoms with Gasteiger partial charge in [-0.25, -0.2) is 22.8 Å². The molecule has 1 fully saturated rings. The molecule has 0 unspecified atom stereocenters. The van der Waals surface area contributed by atoms with E-state index in [1.165, 1.54) is 24.7 Å². The van der Waals surface area contributed by atoms with Crippen LogP contribution in [-0.4, -0.2) is 49.8 Å². The van der Waals surface area contributed by atoms with Crippen LogP contribution in [0.15, 0.2) is 36.7 Å². The fourth-order valence-electron chi connectivity index (χ4n) is 3.96. The van der Waals surface area contributed by atoms with Gasteiger partial charge >= 0.3 is 0 Å². The Labute approximate surface area is 202 Å². The summed E-state index contributed by atoms with van der Waals surface area (Å²) in [6.07, 6.45) is 5.83. The molecule has 3 aromatic rings. The van der Waals surface area contributed by atoms with E-state index in [4.69, 9.17) is 21.1 Å². The monoisotopic (exact) mass is 508 g/mol. The lowest BCUT2D eigenvalue weighted by Crippen LogP contribution is -2.38. The van der Waals surface area contributed by atoms with Gasteiger partial charge in [0.2, 0.25) is 0 Å². The van der Waals surface area contributed by atoms with E-state index in [0.29, 0.717) is 33.9 Å². The minimum Gasteiger partial charge on any atom is -0.493 e. The largest absolute Gasteiger partial charge is 0.493 e. The van der Waals surface area contributed by atoms with Crippen LogP contribution in [0, 0.1) is 5.82 Å². The van der Waals surface area contributed by atoms with Crippen molar-refractivity contribution < 1.29 is 22.3 Å². The number of nitrogens with zero attached hydrogens (tertiary/aromatic N) is 2. The maximum Gasteiger partial charge on any atom is 0.162 e. The highest BCUT2D eigenvalue weighted by Gasteiger charge is 2.24. The van der Waals surface area contributed by atoms with Gasteiger partial charge in [0.15, 0.2) is 21.3 Å². The number of rotatable bonds is 8. The number of hydrogen-bond donors (Lipinski definition) is 2. The first kappa shape index (κ1) is 24.4. The Morgan fingerprint density at radius 3 is 2.56 bits per heavy atom. The number of hydrogen-bond acceptors (Lipinski definition) is 8. The highest BCUT2D eigenvalue weighted by Crippen LogP contribution is 2.37. The van der Waals surface area contributed by atoms with Crippen molar-refractivity contribution in [3.63, 3.8) is 0 Å². The Balaban J connectivity index is 1.52. The van der Waals surface area contributed by atoms with Gasteiger partial charge in [-0.3, -0.25) is 0 Å². The molecule has 1 aromatic heterocycles. The van der Waals surface area contributed by atoms with E-state index >= 15 is 0 Å². The number of aromatic nitrogens is 2. The summed E-state index contributed by atoms with van der Waals surface area (Å²) < 4.78 is 48.1. The topological polar surface area (TPSA) is 102 Å². The Bertz CT molecular complexity index is 1280. The van der Waals surface area contributed by atoms with E-state index in [1.807, 2.05) is 6.07 Å². The number of nitrogens with one attached hydrogen (secondary N) is 2. The highest BCUT2D eigenvalue weighted by molar-refractivity contribution is 7.90. The standard InChI is InChI=1S/C23H26ClFN4O4S/c1-32-21-11-20-17(23(27-12-26-20)29-15-5-8-19(25)18(24)9-15)10-22(21)33-16-6-3-14(4-7-16)28-13-34(2,30)31/h5,8-12,14,16,28H,3-4,6-7,13H2,1-2H3,(H,26,27,29)/t14-,16-. The summed E-state index contributed by atoms with van der Waals surface area (Å²) in [4.78, 5) is 8.67. The molecule has 34 heavy (non-hydrogen) atoms. The highest BCUT2D eigenvalue weighted by atomic mass is 35.5. The molecule has 0 spiro atoms. The summed E-state index contributed by atoms with van der Waals surface area (Å²) >= 11 is 5.91. The summed E-state index contributed by atoms with van der Waals surface area (Å²) in [5.41, 5.74) is 1.24. The molecule has 0 saturated heterocycles. The number of sulfone groups is 1. The van der Waals surface area contributed by atoms with Crippen molar-refractivity contribution in [2.75, 3.05) is 24.6 Å². The first-order chi connectivity index (χ1) is 16.2. The van der Waals surface area contributed by atoms with Gasteiger partial charge in [-0.05, 0) is 49.9 Å². The molecule has 8 nitrogen and oxygen atoms in total. The molecule has 4 rings (SSSR count). The van der Waals surface area contributed by atoms with Gasteiger partial charge in [0.05, 0.1) is 29.6 Å². The zero-order valence-electron chi connectivity index (χ0n) is 18.8. The summed E-state index contributed by atoms with van der Waals surface area (Å²) in [7, 11) is -1.48. The maximum atomic E-state index is 13.5. The van der Waals surface area contributed by atoms with Gasteiger partial charge in [0.1, 0.15) is 18.0 Å². The van der Waals surface area contributed by atoms with Crippen molar-refractivity contribution >= 4 is 43.8 Å². The molecule has 2 N–H and O–H groups in total. The first-order valence-electron chi connectivity index (χ1n) is 10.8. The molecule has 1 heterocycles. The zero-order valence-corrected chi connectivity index (χ0v) is 20.4. The Morgan fingerprint density at radius 2 is 1.88 bits per heavy atom. The second-order valence-electron chi connectivity index (χ2n) is 8.36. The minimum absolute atomic E-state index is 0.00989. The third-order valence-electron chi connectivity index (χ3n) is 5.71. The number of anilines is 2. The van der Waals surface area contributed by atoms with E-state index in [9.17, 15) is 12.8 Å². The second kappa shape index (κ2) is 10.3. The van der Waals surface area contributed by atoms with Crippen LogP contribution < -0.4 is 20.1 Å². The minimum atomic E-state index is -3.05. The summed E-state index contributed by atoms with van der Waals surface area (Å²) in [5.74, 6) is 1.13. The molecule has 0 bridgehead atoms. The number of methoxy groups -OCH3 is 1. The molecule has 11 heteroatoms. The SMILES string of the molecule is COc1cc2ncnc(Nc3ccc(F)c(Cl)c3)c2cc1O[C@H]1CC[C@H](NCS(C)(=O)=O)CC1. The molecule has 0 amide bonds. The fourth-order valence-corrected chi connectivity index (χ4v) is 4.68. The lowest BCUT2D eigenvalue weighted by atomic mass is 9.93.